The van der Waals surface area contributed by atoms with Gasteiger partial charge in [-0.1, -0.05) is 35.5 Å². The van der Waals surface area contributed by atoms with Crippen molar-refractivity contribution in [3.05, 3.63) is 35.9 Å². The van der Waals surface area contributed by atoms with Crippen LogP contribution in [0, 0.1) is 0 Å². The summed E-state index contributed by atoms with van der Waals surface area (Å²) in [6.07, 6.45) is 0. The molecular formula is C9H8NO3. The minimum absolute atomic E-state index is 0.205. The van der Waals surface area contributed by atoms with Crippen LogP contribution in [0.3, 0.4) is 0 Å². The molecule has 0 heterocycles. The minimum Gasteiger partial charge on any atom is -0.398 e. The van der Waals surface area contributed by atoms with Crippen LogP contribution in [0.2, 0.25) is 0 Å². The average Bonchev–Trinajstić information content (AvgIpc) is 2.15. The highest BCUT2D eigenvalue weighted by Crippen LogP contribution is 2.01. The molecule has 1 aromatic rings. The Kier molecular flexibility index (Phi) is 3.03. The number of nitrogens with zero attached hydrogens (tertiary/aromatic N) is 1. The van der Waals surface area contributed by atoms with E-state index < -0.39 is 5.97 Å². The van der Waals surface area contributed by atoms with E-state index in [2.05, 4.69) is 9.99 Å². The Labute approximate surface area is 75.4 Å². The molecule has 1 rings (SSSR count). The first kappa shape index (κ1) is 9.25. The number of hydrogen-bond donors (Lipinski definition) is 0. The third-order valence-corrected chi connectivity index (χ3v) is 1.42. The van der Waals surface area contributed by atoms with Crippen LogP contribution in [0.5, 0.6) is 0 Å². The third-order valence-electron chi connectivity index (χ3n) is 1.42. The minimum atomic E-state index is -1.35. The fraction of sp³-hybridized carbons (Fsp3) is 0.111. The van der Waals surface area contributed by atoms with Crippen molar-refractivity contribution in [1.82, 2.24) is 0 Å². The van der Waals surface area contributed by atoms with Gasteiger partial charge in [0.25, 0.3) is 0 Å². The zero-order valence-electron chi connectivity index (χ0n) is 7.06. The molecule has 0 fully saturated rings. The van der Waals surface area contributed by atoms with Gasteiger partial charge in [0.05, 0.1) is 0 Å². The molecule has 0 saturated heterocycles. The van der Waals surface area contributed by atoms with Crippen LogP contribution in [0.4, 0.5) is 0 Å². The van der Waals surface area contributed by atoms with E-state index >= 15 is 0 Å². The fourth-order valence-electron chi connectivity index (χ4n) is 0.895. The van der Waals surface area contributed by atoms with Crippen LogP contribution in [0.1, 0.15) is 5.56 Å². The first-order valence-electron chi connectivity index (χ1n) is 3.63. The molecule has 0 spiro atoms. The molecule has 13 heavy (non-hydrogen) atoms. The molecule has 0 aliphatic rings. The van der Waals surface area contributed by atoms with Crippen LogP contribution >= 0.6 is 0 Å². The van der Waals surface area contributed by atoms with E-state index in [9.17, 15) is 9.90 Å². The standard InChI is InChI=1S/C9H8NO3/c1-13-10-8(9(11)12)7-5-3-2-4-6-7/h2-6H,1H3. The molecule has 0 N–H and O–H groups in total. The molecule has 0 unspecified atom stereocenters. The van der Waals surface area contributed by atoms with Gasteiger partial charge in [-0.2, -0.15) is 0 Å². The van der Waals surface area contributed by atoms with Crippen LogP contribution < -0.4 is 0 Å². The summed E-state index contributed by atoms with van der Waals surface area (Å²) in [6.45, 7) is 0. The van der Waals surface area contributed by atoms with Gasteiger partial charge in [-0.3, -0.25) is 0 Å². The first-order chi connectivity index (χ1) is 6.25. The van der Waals surface area contributed by atoms with Gasteiger partial charge in [-0.25, -0.2) is 9.90 Å². The fourth-order valence-corrected chi connectivity index (χ4v) is 0.895. The van der Waals surface area contributed by atoms with Gasteiger partial charge in [0.1, 0.15) is 7.11 Å². The Morgan fingerprint density at radius 2 is 1.92 bits per heavy atom. The summed E-state index contributed by atoms with van der Waals surface area (Å²) in [7, 11) is 1.28. The number of benzene rings is 1. The van der Waals surface area contributed by atoms with Gasteiger partial charge >= 0.3 is 5.97 Å². The van der Waals surface area contributed by atoms with E-state index in [0.717, 1.165) is 0 Å². The lowest BCUT2D eigenvalue weighted by Gasteiger charge is -1.97. The van der Waals surface area contributed by atoms with Crippen LogP contribution in [-0.2, 0) is 14.7 Å². The third kappa shape index (κ3) is 2.30. The molecule has 67 valence electrons. The van der Waals surface area contributed by atoms with Crippen LogP contribution in [-0.4, -0.2) is 18.8 Å². The number of rotatable bonds is 3. The number of oxime groups is 1. The van der Waals surface area contributed by atoms with Crippen molar-refractivity contribution in [3.63, 3.8) is 0 Å². The maximum Gasteiger partial charge on any atom is 0.408 e. The predicted octanol–water partition coefficient (Wildman–Crippen LogP) is 0.994. The molecule has 4 heteroatoms. The molecule has 0 aromatic heterocycles. The molecule has 0 saturated carbocycles. The lowest BCUT2D eigenvalue weighted by atomic mass is 10.1. The zero-order chi connectivity index (χ0) is 9.68. The number of carbonyl (C=O) groups is 1. The maximum atomic E-state index is 10.6. The molecule has 0 atom stereocenters. The van der Waals surface area contributed by atoms with Crippen molar-refractivity contribution in [2.24, 2.45) is 5.16 Å². The highest BCUT2D eigenvalue weighted by atomic mass is 16.6. The van der Waals surface area contributed by atoms with Crippen molar-refractivity contribution in [2.45, 2.75) is 0 Å². The van der Waals surface area contributed by atoms with Crippen molar-refractivity contribution in [2.75, 3.05) is 7.11 Å². The molecule has 0 bridgehead atoms. The largest absolute Gasteiger partial charge is 0.408 e. The summed E-state index contributed by atoms with van der Waals surface area (Å²) in [5.74, 6) is -1.35. The van der Waals surface area contributed by atoms with Gasteiger partial charge in [0.15, 0.2) is 5.71 Å². The highest BCUT2D eigenvalue weighted by Gasteiger charge is 2.14. The SMILES string of the molecule is CON=C(C([O])=O)c1ccccc1. The second-order valence-electron chi connectivity index (χ2n) is 2.28. The predicted molar refractivity (Wildman–Crippen MR) is 45.7 cm³/mol. The second-order valence-corrected chi connectivity index (χ2v) is 2.28. The molecule has 0 aliphatic carbocycles. The van der Waals surface area contributed by atoms with E-state index in [4.69, 9.17) is 0 Å². The molecule has 0 aliphatic heterocycles. The van der Waals surface area contributed by atoms with E-state index in [1.807, 2.05) is 0 Å². The lowest BCUT2D eigenvalue weighted by Crippen LogP contribution is -2.13. The molecular weight excluding hydrogens is 170 g/mol. The second kappa shape index (κ2) is 4.25. The van der Waals surface area contributed by atoms with Gasteiger partial charge in [-0.05, 0) is 0 Å². The summed E-state index contributed by atoms with van der Waals surface area (Å²) in [6, 6.07) is 8.44. The summed E-state index contributed by atoms with van der Waals surface area (Å²) < 4.78 is 0. The van der Waals surface area contributed by atoms with Crippen molar-refractivity contribution >= 4 is 11.7 Å². The summed E-state index contributed by atoms with van der Waals surface area (Å²) >= 11 is 0. The summed E-state index contributed by atoms with van der Waals surface area (Å²) in [5, 5.41) is 13.9. The van der Waals surface area contributed by atoms with E-state index in [1.165, 1.54) is 7.11 Å². The van der Waals surface area contributed by atoms with Gasteiger partial charge < -0.3 is 4.84 Å². The Morgan fingerprint density at radius 1 is 1.31 bits per heavy atom. The first-order valence-corrected chi connectivity index (χ1v) is 3.63. The van der Waals surface area contributed by atoms with E-state index in [0.29, 0.717) is 5.56 Å². The van der Waals surface area contributed by atoms with E-state index in [1.54, 1.807) is 30.3 Å². The number of carbonyl (C=O) groups excluding carboxylic acids is 1. The Hall–Kier alpha value is -1.84. The molecule has 1 aromatic carbocycles. The van der Waals surface area contributed by atoms with Crippen molar-refractivity contribution in [3.8, 4) is 0 Å². The monoisotopic (exact) mass is 178 g/mol. The summed E-state index contributed by atoms with van der Waals surface area (Å²) in [5.41, 5.74) is 0.257. The van der Waals surface area contributed by atoms with Crippen molar-refractivity contribution < 1.29 is 14.7 Å². The lowest BCUT2D eigenvalue weighted by molar-refractivity contribution is -0.135. The topological polar surface area (TPSA) is 58.6 Å². The van der Waals surface area contributed by atoms with Gasteiger partial charge in [0, 0.05) is 5.56 Å². The normalized spacial score (nSPS) is 11.0. The average molecular weight is 178 g/mol. The Morgan fingerprint density at radius 3 is 2.38 bits per heavy atom. The highest BCUT2D eigenvalue weighted by molar-refractivity contribution is 6.42. The molecule has 1 radical (unpaired) electrons. The van der Waals surface area contributed by atoms with Crippen LogP contribution in [0.25, 0.3) is 0 Å². The van der Waals surface area contributed by atoms with Crippen LogP contribution in [0.15, 0.2) is 35.5 Å². The van der Waals surface area contributed by atoms with Crippen molar-refractivity contribution in [1.29, 1.82) is 0 Å². The summed E-state index contributed by atoms with van der Waals surface area (Å²) in [4.78, 5) is 15.0. The zero-order valence-corrected chi connectivity index (χ0v) is 7.06. The van der Waals surface area contributed by atoms with Gasteiger partial charge in [0.2, 0.25) is 0 Å². The smallest absolute Gasteiger partial charge is 0.398 e. The van der Waals surface area contributed by atoms with Gasteiger partial charge in [-0.15, -0.1) is 0 Å². The quantitative estimate of drug-likeness (QED) is 0.512. The Bertz CT molecular complexity index is 319. The maximum absolute atomic E-state index is 10.6. The number of hydrogen-bond acceptors (Lipinski definition) is 3. The van der Waals surface area contributed by atoms with E-state index in [-0.39, 0.29) is 5.71 Å². The molecule has 0 amide bonds. The molecule has 4 nitrogen and oxygen atoms in total. The Balaban J connectivity index is 3.03.